The van der Waals surface area contributed by atoms with Gasteiger partial charge in [0.15, 0.2) is 5.76 Å². The van der Waals surface area contributed by atoms with Crippen molar-refractivity contribution in [2.45, 2.75) is 32.3 Å². The van der Waals surface area contributed by atoms with Crippen LogP contribution in [0.2, 0.25) is 0 Å². The minimum Gasteiger partial charge on any atom is -0.451 e. The maximum absolute atomic E-state index is 13.2. The highest BCUT2D eigenvalue weighted by Gasteiger charge is 2.22. The van der Waals surface area contributed by atoms with Crippen molar-refractivity contribution in [3.8, 4) is 0 Å². The topological polar surface area (TPSA) is 55.1 Å². The number of nitrogens with zero attached hydrogens (tertiary/aromatic N) is 1. The van der Waals surface area contributed by atoms with Crippen LogP contribution in [0.25, 0.3) is 11.0 Å². The first kappa shape index (κ1) is 20.2. The Labute approximate surface area is 180 Å². The fourth-order valence-electron chi connectivity index (χ4n) is 3.65. The molecule has 0 fully saturated rings. The Balaban J connectivity index is 1.61. The van der Waals surface area contributed by atoms with Gasteiger partial charge in [0.05, 0.1) is 11.4 Å². The maximum Gasteiger partial charge on any atom is 0.291 e. The van der Waals surface area contributed by atoms with Crippen LogP contribution in [0.5, 0.6) is 0 Å². The molecule has 2 aromatic heterocycles. The fourth-order valence-corrected chi connectivity index (χ4v) is 4.67. The number of benzene rings is 2. The number of hydrogen-bond donors (Lipinski definition) is 1. The highest BCUT2D eigenvalue weighted by Crippen LogP contribution is 2.31. The molecule has 152 valence electrons. The predicted octanol–water partition coefficient (Wildman–Crippen LogP) is 6.44. The second-order valence-electron chi connectivity index (χ2n) is 7.38. The van der Waals surface area contributed by atoms with Gasteiger partial charge in [-0.1, -0.05) is 48.5 Å². The van der Waals surface area contributed by atoms with E-state index in [2.05, 4.69) is 22.4 Å². The lowest BCUT2D eigenvalue weighted by Crippen LogP contribution is -2.15. The summed E-state index contributed by atoms with van der Waals surface area (Å²) in [5.74, 6) is 1.70. The van der Waals surface area contributed by atoms with Gasteiger partial charge in [-0.2, -0.15) is 11.8 Å². The summed E-state index contributed by atoms with van der Waals surface area (Å²) in [6.45, 7) is 5.84. The summed E-state index contributed by atoms with van der Waals surface area (Å²) >= 11 is 1.77. The standard InChI is InChI=1S/C25H24N2O2S/c1-16-13-17(2)26-18(3)23(16)27-25(28)24-21(20-11-7-8-12-22(20)29-24)15-30-14-19-9-5-4-6-10-19/h4-13H,14-15H2,1-3H3,(H,27,28). The lowest BCUT2D eigenvalue weighted by Gasteiger charge is -2.12. The van der Waals surface area contributed by atoms with Gasteiger partial charge in [-0.05, 0) is 44.0 Å². The molecular formula is C25H24N2O2S. The number of fused-ring (bicyclic) bond motifs is 1. The van der Waals surface area contributed by atoms with Gasteiger partial charge >= 0.3 is 0 Å². The first-order chi connectivity index (χ1) is 14.5. The Hall–Kier alpha value is -3.05. The van der Waals surface area contributed by atoms with E-state index in [1.54, 1.807) is 11.8 Å². The molecular weight excluding hydrogens is 392 g/mol. The summed E-state index contributed by atoms with van der Waals surface area (Å²) in [6.07, 6.45) is 0. The third-order valence-corrected chi connectivity index (χ3v) is 6.06. The second kappa shape index (κ2) is 8.76. The molecule has 0 saturated carbocycles. The van der Waals surface area contributed by atoms with Crippen molar-refractivity contribution in [1.82, 2.24) is 4.98 Å². The highest BCUT2D eigenvalue weighted by molar-refractivity contribution is 7.97. The van der Waals surface area contributed by atoms with Crippen LogP contribution in [0.4, 0.5) is 5.69 Å². The van der Waals surface area contributed by atoms with Crippen LogP contribution in [-0.2, 0) is 11.5 Å². The molecule has 0 aliphatic carbocycles. The summed E-state index contributed by atoms with van der Waals surface area (Å²) in [7, 11) is 0. The molecule has 1 amide bonds. The number of anilines is 1. The Morgan fingerprint density at radius 1 is 1.00 bits per heavy atom. The number of nitrogens with one attached hydrogen (secondary N) is 1. The number of aromatic nitrogens is 1. The van der Waals surface area contributed by atoms with Crippen LogP contribution in [0, 0.1) is 20.8 Å². The van der Waals surface area contributed by atoms with Gasteiger partial charge < -0.3 is 9.73 Å². The zero-order chi connectivity index (χ0) is 21.1. The van der Waals surface area contributed by atoms with Gasteiger partial charge in [0.2, 0.25) is 0 Å². The minimum atomic E-state index is -0.238. The minimum absolute atomic E-state index is 0.238. The molecule has 1 N–H and O–H groups in total. The second-order valence-corrected chi connectivity index (χ2v) is 8.36. The average Bonchev–Trinajstić information content (AvgIpc) is 3.10. The molecule has 2 heterocycles. The number of pyridine rings is 1. The third kappa shape index (κ3) is 4.26. The zero-order valence-corrected chi connectivity index (χ0v) is 18.2. The monoisotopic (exact) mass is 416 g/mol. The number of carbonyl (C=O) groups excluding carboxylic acids is 1. The molecule has 0 aliphatic rings. The third-order valence-electron chi connectivity index (χ3n) is 5.03. The maximum atomic E-state index is 13.2. The van der Waals surface area contributed by atoms with Crippen molar-refractivity contribution < 1.29 is 9.21 Å². The van der Waals surface area contributed by atoms with E-state index in [9.17, 15) is 4.79 Å². The lowest BCUT2D eigenvalue weighted by molar-refractivity contribution is 0.0997. The van der Waals surface area contributed by atoms with E-state index in [-0.39, 0.29) is 5.91 Å². The van der Waals surface area contributed by atoms with Crippen LogP contribution in [0.3, 0.4) is 0 Å². The number of para-hydroxylation sites is 1. The van der Waals surface area contributed by atoms with Crippen molar-refractivity contribution in [2.24, 2.45) is 0 Å². The van der Waals surface area contributed by atoms with E-state index in [4.69, 9.17) is 4.42 Å². The number of amides is 1. The summed E-state index contributed by atoms with van der Waals surface area (Å²) in [5, 5.41) is 4.01. The Morgan fingerprint density at radius 3 is 2.50 bits per heavy atom. The molecule has 0 spiro atoms. The number of carbonyl (C=O) groups is 1. The van der Waals surface area contributed by atoms with Gasteiger partial charge in [-0.25, -0.2) is 0 Å². The molecule has 0 unspecified atom stereocenters. The number of thioether (sulfide) groups is 1. The largest absolute Gasteiger partial charge is 0.451 e. The number of rotatable bonds is 6. The van der Waals surface area contributed by atoms with Gasteiger partial charge in [-0.3, -0.25) is 9.78 Å². The quantitative estimate of drug-likeness (QED) is 0.393. The average molecular weight is 417 g/mol. The van der Waals surface area contributed by atoms with E-state index in [1.165, 1.54) is 5.56 Å². The van der Waals surface area contributed by atoms with Crippen molar-refractivity contribution in [2.75, 3.05) is 5.32 Å². The molecule has 0 atom stereocenters. The van der Waals surface area contributed by atoms with Crippen LogP contribution in [0.15, 0.2) is 65.1 Å². The van der Waals surface area contributed by atoms with Crippen molar-refractivity contribution in [3.63, 3.8) is 0 Å². The molecule has 4 aromatic rings. The van der Waals surface area contributed by atoms with Crippen molar-refractivity contribution in [3.05, 3.63) is 94.5 Å². The van der Waals surface area contributed by atoms with Crippen LogP contribution in [0.1, 0.15) is 38.6 Å². The molecule has 0 aliphatic heterocycles. The lowest BCUT2D eigenvalue weighted by atomic mass is 10.1. The van der Waals surface area contributed by atoms with Gasteiger partial charge in [0.25, 0.3) is 5.91 Å². The van der Waals surface area contributed by atoms with E-state index >= 15 is 0 Å². The molecule has 30 heavy (non-hydrogen) atoms. The first-order valence-electron chi connectivity index (χ1n) is 9.91. The van der Waals surface area contributed by atoms with E-state index in [0.717, 1.165) is 44.9 Å². The van der Waals surface area contributed by atoms with Crippen molar-refractivity contribution in [1.29, 1.82) is 0 Å². The Kier molecular flexibility index (Phi) is 5.91. The smallest absolute Gasteiger partial charge is 0.291 e. The van der Waals surface area contributed by atoms with Gasteiger partial charge in [-0.15, -0.1) is 0 Å². The fraction of sp³-hybridized carbons (Fsp3) is 0.200. The van der Waals surface area contributed by atoms with E-state index in [0.29, 0.717) is 11.5 Å². The molecule has 0 saturated heterocycles. The van der Waals surface area contributed by atoms with Crippen LogP contribution >= 0.6 is 11.8 Å². The molecule has 2 aromatic carbocycles. The van der Waals surface area contributed by atoms with Gasteiger partial charge in [0, 0.05) is 28.1 Å². The van der Waals surface area contributed by atoms with Crippen LogP contribution < -0.4 is 5.32 Å². The summed E-state index contributed by atoms with van der Waals surface area (Å²) < 4.78 is 5.99. The highest BCUT2D eigenvalue weighted by atomic mass is 32.2. The summed E-state index contributed by atoms with van der Waals surface area (Å²) in [5.41, 5.74) is 6.39. The molecule has 4 rings (SSSR count). The molecule has 0 bridgehead atoms. The zero-order valence-electron chi connectivity index (χ0n) is 17.4. The van der Waals surface area contributed by atoms with E-state index in [1.807, 2.05) is 69.3 Å². The van der Waals surface area contributed by atoms with Crippen LogP contribution in [-0.4, -0.2) is 10.9 Å². The SMILES string of the molecule is Cc1cc(C)c(NC(=O)c2oc3ccccc3c2CSCc2ccccc2)c(C)n1. The number of hydrogen-bond acceptors (Lipinski definition) is 4. The van der Waals surface area contributed by atoms with Crippen molar-refractivity contribution >= 4 is 34.3 Å². The molecule has 0 radical (unpaired) electrons. The van der Waals surface area contributed by atoms with Gasteiger partial charge in [0.1, 0.15) is 5.58 Å². The molecule has 5 heteroatoms. The number of furan rings is 1. The summed E-state index contributed by atoms with van der Waals surface area (Å²) in [4.78, 5) is 17.7. The predicted molar refractivity (Wildman–Crippen MR) is 124 cm³/mol. The summed E-state index contributed by atoms with van der Waals surface area (Å²) in [6, 6.07) is 20.1. The Bertz CT molecular complexity index is 1180. The Morgan fingerprint density at radius 2 is 1.73 bits per heavy atom. The first-order valence-corrected chi connectivity index (χ1v) is 11.1. The number of aryl methyl sites for hydroxylation is 3. The molecule has 4 nitrogen and oxygen atoms in total. The van der Waals surface area contributed by atoms with E-state index < -0.39 is 0 Å². The normalized spacial score (nSPS) is 11.0.